The van der Waals surface area contributed by atoms with Crippen LogP contribution in [0.15, 0.2) is 23.1 Å². The molecule has 1 aliphatic heterocycles. The Balaban J connectivity index is 1.91. The molecule has 0 spiro atoms. The van der Waals surface area contributed by atoms with E-state index >= 15 is 0 Å². The molecule has 0 saturated carbocycles. The molecular weight excluding hydrogens is 314 g/mol. The largest absolute Gasteiger partial charge is 0.480 e. The Labute approximate surface area is 140 Å². The molecule has 1 aliphatic rings. The van der Waals surface area contributed by atoms with Crippen LogP contribution in [0.25, 0.3) is 0 Å². The Bertz CT molecular complexity index is 570. The van der Waals surface area contributed by atoms with Crippen LogP contribution in [0.3, 0.4) is 0 Å². The van der Waals surface area contributed by atoms with Crippen molar-refractivity contribution in [1.29, 1.82) is 0 Å². The van der Waals surface area contributed by atoms with Gasteiger partial charge in [0, 0.05) is 17.4 Å². The highest BCUT2D eigenvalue weighted by atomic mass is 32.2. The number of benzene rings is 1. The zero-order valence-electron chi connectivity index (χ0n) is 13.5. The summed E-state index contributed by atoms with van der Waals surface area (Å²) in [6.45, 7) is 5.06. The maximum Gasteiger partial charge on any atom is 0.326 e. The van der Waals surface area contributed by atoms with Gasteiger partial charge in [-0.25, -0.2) is 4.79 Å². The number of amides is 1. The normalized spacial score (nSPS) is 19.1. The summed E-state index contributed by atoms with van der Waals surface area (Å²) in [6, 6.07) is 5.22. The van der Waals surface area contributed by atoms with E-state index in [0.717, 1.165) is 28.9 Å². The third-order valence-electron chi connectivity index (χ3n) is 3.95. The monoisotopic (exact) mass is 337 g/mol. The van der Waals surface area contributed by atoms with E-state index in [9.17, 15) is 14.7 Å². The molecule has 0 aromatic heterocycles. The topological polar surface area (TPSA) is 75.6 Å². The van der Waals surface area contributed by atoms with E-state index in [1.165, 1.54) is 11.8 Å². The van der Waals surface area contributed by atoms with Gasteiger partial charge >= 0.3 is 5.97 Å². The van der Waals surface area contributed by atoms with Crippen molar-refractivity contribution in [2.45, 2.75) is 37.6 Å². The van der Waals surface area contributed by atoms with E-state index in [2.05, 4.69) is 5.32 Å². The molecule has 23 heavy (non-hydrogen) atoms. The minimum atomic E-state index is -0.995. The molecule has 1 fully saturated rings. The van der Waals surface area contributed by atoms with Gasteiger partial charge in [0.25, 0.3) is 0 Å². The lowest BCUT2D eigenvalue weighted by Crippen LogP contribution is -2.48. The summed E-state index contributed by atoms with van der Waals surface area (Å²) < 4.78 is 5.33. The number of aryl methyl sites for hydroxylation is 2. The lowest BCUT2D eigenvalue weighted by atomic mass is 9.94. The van der Waals surface area contributed by atoms with E-state index in [0.29, 0.717) is 13.2 Å². The molecule has 0 radical (unpaired) electrons. The molecule has 1 aromatic rings. The fraction of sp³-hybridized carbons (Fsp3) is 0.529. The van der Waals surface area contributed by atoms with Crippen LogP contribution in [0.1, 0.15) is 24.0 Å². The van der Waals surface area contributed by atoms with Crippen LogP contribution in [-0.2, 0) is 14.3 Å². The second-order valence-electron chi connectivity index (χ2n) is 5.92. The number of carbonyl (C=O) groups is 2. The zero-order valence-corrected chi connectivity index (χ0v) is 14.3. The number of ether oxygens (including phenoxy) is 1. The molecule has 1 aromatic carbocycles. The molecule has 2 N–H and O–H groups in total. The first kappa shape index (κ1) is 17.8. The van der Waals surface area contributed by atoms with Crippen LogP contribution in [0.2, 0.25) is 0 Å². The van der Waals surface area contributed by atoms with E-state index in [1.807, 2.05) is 32.0 Å². The molecule has 1 amide bonds. The van der Waals surface area contributed by atoms with Crippen LogP contribution < -0.4 is 5.32 Å². The summed E-state index contributed by atoms with van der Waals surface area (Å²) in [4.78, 5) is 24.6. The average Bonchev–Trinajstić information content (AvgIpc) is 2.54. The lowest BCUT2D eigenvalue weighted by Gasteiger charge is -2.28. The van der Waals surface area contributed by atoms with Gasteiger partial charge in [-0.2, -0.15) is 0 Å². The van der Waals surface area contributed by atoms with Crippen molar-refractivity contribution >= 4 is 23.6 Å². The molecule has 2 rings (SSSR count). The minimum Gasteiger partial charge on any atom is -0.480 e. The number of nitrogens with one attached hydrogen (secondary N) is 1. The molecule has 6 heteroatoms. The highest BCUT2D eigenvalue weighted by Gasteiger charge is 2.31. The Morgan fingerprint density at radius 2 is 2.22 bits per heavy atom. The van der Waals surface area contributed by atoms with Crippen LogP contribution in [0.4, 0.5) is 0 Å². The average molecular weight is 337 g/mol. The number of hydrogen-bond donors (Lipinski definition) is 2. The van der Waals surface area contributed by atoms with Crippen molar-refractivity contribution in [2.75, 3.05) is 19.0 Å². The summed E-state index contributed by atoms with van der Waals surface area (Å²) in [5, 5.41) is 12.0. The predicted octanol–water partition coefficient (Wildman–Crippen LogP) is 2.39. The second kappa shape index (κ2) is 8.36. The number of carbonyl (C=O) groups excluding carboxylic acids is 1. The van der Waals surface area contributed by atoms with Gasteiger partial charge in [-0.05, 0) is 38.3 Å². The molecule has 126 valence electrons. The SMILES string of the molecule is Cc1ccc(C)c(SCC(=O)NC(C(=O)O)C2CCCOC2)c1. The molecule has 1 saturated heterocycles. The Morgan fingerprint density at radius 3 is 2.87 bits per heavy atom. The standard InChI is InChI=1S/C17H23NO4S/c1-11-5-6-12(2)14(8-11)23-10-15(19)18-16(17(20)21)13-4-3-7-22-9-13/h5-6,8,13,16H,3-4,7,9-10H2,1-2H3,(H,18,19)(H,20,21). The van der Waals surface area contributed by atoms with Gasteiger partial charge in [0.15, 0.2) is 0 Å². The predicted molar refractivity (Wildman–Crippen MR) is 89.7 cm³/mol. The van der Waals surface area contributed by atoms with E-state index in [1.54, 1.807) is 0 Å². The van der Waals surface area contributed by atoms with Gasteiger partial charge < -0.3 is 15.2 Å². The zero-order chi connectivity index (χ0) is 16.8. The van der Waals surface area contributed by atoms with Crippen LogP contribution in [0.5, 0.6) is 0 Å². The molecular formula is C17H23NO4S. The highest BCUT2D eigenvalue weighted by Crippen LogP contribution is 2.24. The first-order valence-corrected chi connectivity index (χ1v) is 8.76. The third kappa shape index (κ3) is 5.25. The van der Waals surface area contributed by atoms with Crippen LogP contribution in [0, 0.1) is 19.8 Å². The van der Waals surface area contributed by atoms with Crippen molar-refractivity contribution in [3.05, 3.63) is 29.3 Å². The van der Waals surface area contributed by atoms with E-state index < -0.39 is 12.0 Å². The number of rotatable bonds is 6. The fourth-order valence-electron chi connectivity index (χ4n) is 2.63. The van der Waals surface area contributed by atoms with Gasteiger partial charge in [0.2, 0.25) is 5.91 Å². The molecule has 0 bridgehead atoms. The highest BCUT2D eigenvalue weighted by molar-refractivity contribution is 8.00. The first-order chi connectivity index (χ1) is 11.0. The fourth-order valence-corrected chi connectivity index (χ4v) is 3.57. The maximum absolute atomic E-state index is 12.1. The summed E-state index contributed by atoms with van der Waals surface area (Å²) in [5.74, 6) is -1.20. The van der Waals surface area contributed by atoms with Gasteiger partial charge in [-0.1, -0.05) is 17.7 Å². The van der Waals surface area contributed by atoms with Crippen molar-refractivity contribution in [2.24, 2.45) is 5.92 Å². The van der Waals surface area contributed by atoms with E-state index in [-0.39, 0.29) is 17.6 Å². The molecule has 2 unspecified atom stereocenters. The van der Waals surface area contributed by atoms with Crippen molar-refractivity contribution in [1.82, 2.24) is 5.32 Å². The third-order valence-corrected chi connectivity index (χ3v) is 5.11. The number of carboxylic acids is 1. The number of thioether (sulfide) groups is 1. The van der Waals surface area contributed by atoms with E-state index in [4.69, 9.17) is 4.74 Å². The Hall–Kier alpha value is -1.53. The first-order valence-electron chi connectivity index (χ1n) is 7.77. The Kier molecular flexibility index (Phi) is 6.47. The second-order valence-corrected chi connectivity index (χ2v) is 6.94. The quantitative estimate of drug-likeness (QED) is 0.780. The van der Waals surface area contributed by atoms with Gasteiger partial charge in [0.1, 0.15) is 6.04 Å². The number of carboxylic acid groups (broad SMARTS) is 1. The number of aliphatic carboxylic acids is 1. The summed E-state index contributed by atoms with van der Waals surface area (Å²) in [7, 11) is 0. The van der Waals surface area contributed by atoms with Crippen molar-refractivity contribution in [3.63, 3.8) is 0 Å². The summed E-state index contributed by atoms with van der Waals surface area (Å²) in [6.07, 6.45) is 1.60. The van der Waals surface area contributed by atoms with Crippen molar-refractivity contribution in [3.8, 4) is 0 Å². The molecule has 0 aliphatic carbocycles. The molecule has 1 heterocycles. The summed E-state index contributed by atoms with van der Waals surface area (Å²) >= 11 is 1.43. The van der Waals surface area contributed by atoms with Crippen LogP contribution in [-0.4, -0.2) is 42.0 Å². The summed E-state index contributed by atoms with van der Waals surface area (Å²) in [5.41, 5.74) is 2.25. The molecule has 5 nitrogen and oxygen atoms in total. The maximum atomic E-state index is 12.1. The smallest absolute Gasteiger partial charge is 0.326 e. The molecule has 2 atom stereocenters. The van der Waals surface area contributed by atoms with Gasteiger partial charge in [-0.3, -0.25) is 4.79 Å². The minimum absolute atomic E-state index is 0.157. The van der Waals surface area contributed by atoms with Gasteiger partial charge in [-0.15, -0.1) is 11.8 Å². The Morgan fingerprint density at radius 1 is 1.43 bits per heavy atom. The number of hydrogen-bond acceptors (Lipinski definition) is 4. The van der Waals surface area contributed by atoms with Gasteiger partial charge in [0.05, 0.1) is 12.4 Å². The van der Waals surface area contributed by atoms with Crippen molar-refractivity contribution < 1.29 is 19.4 Å². The lowest BCUT2D eigenvalue weighted by molar-refractivity contribution is -0.144. The van der Waals surface area contributed by atoms with Crippen LogP contribution >= 0.6 is 11.8 Å².